The molecule has 2 unspecified atom stereocenters. The van der Waals surface area contributed by atoms with Crippen LogP contribution < -0.4 is 0 Å². The number of esters is 1. The van der Waals surface area contributed by atoms with Gasteiger partial charge in [0, 0.05) is 19.4 Å². The molecular formula is C13H19N5O3. The summed E-state index contributed by atoms with van der Waals surface area (Å²) >= 11 is 0. The summed E-state index contributed by atoms with van der Waals surface area (Å²) in [5.74, 6) is -0.0184. The van der Waals surface area contributed by atoms with Gasteiger partial charge in [-0.25, -0.2) is 14.5 Å². The predicted molar refractivity (Wildman–Crippen MR) is 74.6 cm³/mol. The van der Waals surface area contributed by atoms with Crippen molar-refractivity contribution in [3.8, 4) is 11.5 Å². The van der Waals surface area contributed by atoms with E-state index >= 15 is 0 Å². The van der Waals surface area contributed by atoms with Crippen molar-refractivity contribution in [1.29, 1.82) is 0 Å². The molecule has 0 aromatic carbocycles. The normalized spacial score (nSPS) is 14.0. The number of rotatable bonds is 5. The highest BCUT2D eigenvalue weighted by Gasteiger charge is 2.28. The van der Waals surface area contributed by atoms with Crippen molar-refractivity contribution in [3.63, 3.8) is 0 Å². The van der Waals surface area contributed by atoms with E-state index in [9.17, 15) is 9.90 Å². The highest BCUT2D eigenvalue weighted by atomic mass is 16.5. The first-order valence-electron chi connectivity index (χ1n) is 6.75. The molecule has 0 aliphatic heterocycles. The number of ether oxygens (including phenoxy) is 1. The maximum atomic E-state index is 12.0. The smallest absolute Gasteiger partial charge is 0.361 e. The molecule has 0 fully saturated rings. The monoisotopic (exact) mass is 293 g/mol. The number of nitrogens with zero attached hydrogens (tertiary/aromatic N) is 5. The highest BCUT2D eigenvalue weighted by molar-refractivity contribution is 5.93. The Morgan fingerprint density at radius 3 is 2.71 bits per heavy atom. The number of aryl methyl sites for hydroxylation is 1. The molecule has 2 rings (SSSR count). The Bertz CT molecular complexity index is 632. The molecule has 2 aromatic heterocycles. The van der Waals surface area contributed by atoms with Gasteiger partial charge in [0.15, 0.2) is 5.82 Å². The second-order valence-corrected chi connectivity index (χ2v) is 4.79. The van der Waals surface area contributed by atoms with E-state index in [1.165, 1.54) is 4.68 Å². The van der Waals surface area contributed by atoms with Gasteiger partial charge < -0.3 is 14.4 Å². The number of carbonyl (C=O) groups excluding carboxylic acids is 1. The van der Waals surface area contributed by atoms with Crippen LogP contribution in [0.5, 0.6) is 0 Å². The predicted octanol–water partition coefficient (Wildman–Crippen LogP) is 0.797. The van der Waals surface area contributed by atoms with Gasteiger partial charge in [0.05, 0.1) is 18.8 Å². The summed E-state index contributed by atoms with van der Waals surface area (Å²) in [5.41, 5.74) is 0.535. The van der Waals surface area contributed by atoms with Gasteiger partial charge in [-0.1, -0.05) is 5.21 Å². The van der Waals surface area contributed by atoms with Crippen LogP contribution in [0, 0.1) is 0 Å². The molecule has 0 radical (unpaired) electrons. The lowest BCUT2D eigenvalue weighted by atomic mass is 10.2. The third kappa shape index (κ3) is 2.80. The molecule has 0 bridgehead atoms. The van der Waals surface area contributed by atoms with E-state index in [1.54, 1.807) is 37.7 Å². The van der Waals surface area contributed by atoms with Crippen LogP contribution in [-0.4, -0.2) is 48.3 Å². The van der Waals surface area contributed by atoms with Crippen molar-refractivity contribution < 1.29 is 14.6 Å². The molecule has 0 saturated carbocycles. The third-order valence-corrected chi connectivity index (χ3v) is 3.28. The van der Waals surface area contributed by atoms with Crippen LogP contribution in [0.3, 0.4) is 0 Å². The first kappa shape index (κ1) is 15.2. The largest absolute Gasteiger partial charge is 0.461 e. The number of aliphatic hydroxyl groups excluding tert-OH is 1. The molecule has 2 heterocycles. The molecule has 0 aliphatic carbocycles. The zero-order chi connectivity index (χ0) is 15.6. The van der Waals surface area contributed by atoms with Crippen LogP contribution in [-0.2, 0) is 11.8 Å². The minimum atomic E-state index is -0.652. The highest BCUT2D eigenvalue weighted by Crippen LogP contribution is 2.25. The summed E-state index contributed by atoms with van der Waals surface area (Å²) < 4.78 is 8.26. The average molecular weight is 293 g/mol. The fraction of sp³-hybridized carbons (Fsp3) is 0.538. The molecule has 0 aliphatic rings. The summed E-state index contributed by atoms with van der Waals surface area (Å²) in [6.07, 6.45) is 2.73. The Morgan fingerprint density at radius 2 is 2.19 bits per heavy atom. The fourth-order valence-corrected chi connectivity index (χ4v) is 1.92. The van der Waals surface area contributed by atoms with Crippen molar-refractivity contribution in [3.05, 3.63) is 18.1 Å². The summed E-state index contributed by atoms with van der Waals surface area (Å²) in [6.45, 7) is 5.41. The molecule has 21 heavy (non-hydrogen) atoms. The Kier molecular flexibility index (Phi) is 4.37. The standard InChI is InChI=1S/C13H19N5O3/c1-5-21-13(20)10-11(12-14-6-7-17(12)4)18(16-15-10)8(2)9(3)19/h6-9,19H,5H2,1-4H3. The maximum Gasteiger partial charge on any atom is 0.361 e. The van der Waals surface area contributed by atoms with Crippen LogP contribution >= 0.6 is 0 Å². The maximum absolute atomic E-state index is 12.0. The van der Waals surface area contributed by atoms with Crippen molar-refractivity contribution in [1.82, 2.24) is 24.5 Å². The van der Waals surface area contributed by atoms with E-state index in [0.717, 1.165) is 0 Å². The van der Waals surface area contributed by atoms with E-state index < -0.39 is 12.1 Å². The average Bonchev–Trinajstić information content (AvgIpc) is 3.03. The first-order chi connectivity index (χ1) is 9.97. The lowest BCUT2D eigenvalue weighted by molar-refractivity contribution is 0.0520. The molecule has 8 nitrogen and oxygen atoms in total. The van der Waals surface area contributed by atoms with Gasteiger partial charge in [0.25, 0.3) is 0 Å². The number of aliphatic hydroxyl groups is 1. The van der Waals surface area contributed by atoms with E-state index in [1.807, 2.05) is 7.05 Å². The van der Waals surface area contributed by atoms with E-state index in [2.05, 4.69) is 15.3 Å². The summed E-state index contributed by atoms with van der Waals surface area (Å²) in [6, 6.07) is -0.354. The molecular weight excluding hydrogens is 274 g/mol. The first-order valence-corrected chi connectivity index (χ1v) is 6.75. The lowest BCUT2D eigenvalue weighted by Gasteiger charge is -2.17. The number of aromatic nitrogens is 5. The summed E-state index contributed by atoms with van der Waals surface area (Å²) in [7, 11) is 1.81. The van der Waals surface area contributed by atoms with E-state index in [-0.39, 0.29) is 18.3 Å². The van der Waals surface area contributed by atoms with Crippen LogP contribution in [0.25, 0.3) is 11.5 Å². The Morgan fingerprint density at radius 1 is 1.48 bits per heavy atom. The summed E-state index contributed by atoms with van der Waals surface area (Å²) in [4.78, 5) is 16.3. The fourth-order valence-electron chi connectivity index (χ4n) is 1.92. The van der Waals surface area contributed by atoms with Gasteiger partial charge in [0.2, 0.25) is 5.69 Å². The molecule has 8 heteroatoms. The van der Waals surface area contributed by atoms with Crippen molar-refractivity contribution in [2.24, 2.45) is 7.05 Å². The minimum Gasteiger partial charge on any atom is -0.461 e. The van der Waals surface area contributed by atoms with Crippen LogP contribution in [0.2, 0.25) is 0 Å². The van der Waals surface area contributed by atoms with Gasteiger partial charge in [-0.3, -0.25) is 0 Å². The number of carbonyl (C=O) groups is 1. The van der Waals surface area contributed by atoms with Crippen LogP contribution in [0.1, 0.15) is 37.3 Å². The number of hydrogen-bond donors (Lipinski definition) is 1. The van der Waals surface area contributed by atoms with Crippen LogP contribution in [0.15, 0.2) is 12.4 Å². The topological polar surface area (TPSA) is 95.1 Å². The second kappa shape index (κ2) is 6.04. The van der Waals surface area contributed by atoms with Gasteiger partial charge >= 0.3 is 5.97 Å². The Hall–Kier alpha value is -2.22. The Balaban J connectivity index is 2.58. The zero-order valence-electron chi connectivity index (χ0n) is 12.5. The van der Waals surface area contributed by atoms with Crippen molar-refractivity contribution in [2.75, 3.05) is 6.61 Å². The third-order valence-electron chi connectivity index (χ3n) is 3.28. The van der Waals surface area contributed by atoms with Crippen molar-refractivity contribution >= 4 is 5.97 Å². The van der Waals surface area contributed by atoms with Crippen molar-refractivity contribution in [2.45, 2.75) is 32.9 Å². The summed E-state index contributed by atoms with van der Waals surface area (Å²) in [5, 5.41) is 17.7. The lowest BCUT2D eigenvalue weighted by Crippen LogP contribution is -2.21. The SMILES string of the molecule is CCOC(=O)c1nnn(C(C)C(C)O)c1-c1nccn1C. The van der Waals surface area contributed by atoms with Gasteiger partial charge in [-0.15, -0.1) is 5.10 Å². The Labute approximate surface area is 122 Å². The molecule has 0 spiro atoms. The number of imidazole rings is 1. The van der Waals surface area contributed by atoms with Gasteiger partial charge in [-0.2, -0.15) is 0 Å². The quantitative estimate of drug-likeness (QED) is 0.819. The van der Waals surface area contributed by atoms with Gasteiger partial charge in [-0.05, 0) is 20.8 Å². The van der Waals surface area contributed by atoms with E-state index in [0.29, 0.717) is 11.5 Å². The molecule has 2 aromatic rings. The van der Waals surface area contributed by atoms with E-state index in [4.69, 9.17) is 4.74 Å². The van der Waals surface area contributed by atoms with Crippen LogP contribution in [0.4, 0.5) is 0 Å². The molecule has 0 amide bonds. The molecule has 0 saturated heterocycles. The zero-order valence-corrected chi connectivity index (χ0v) is 12.5. The van der Waals surface area contributed by atoms with Gasteiger partial charge in [0.1, 0.15) is 5.69 Å². The second-order valence-electron chi connectivity index (χ2n) is 4.79. The number of hydrogen-bond acceptors (Lipinski definition) is 6. The minimum absolute atomic E-state index is 0.0960. The molecule has 114 valence electrons. The molecule has 2 atom stereocenters. The molecule has 1 N–H and O–H groups in total.